The molecule has 0 heterocycles. The van der Waals surface area contributed by atoms with Crippen molar-refractivity contribution in [3.8, 4) is 0 Å². The zero-order valence-corrected chi connectivity index (χ0v) is 9.45. The van der Waals surface area contributed by atoms with Crippen LogP contribution < -0.4 is 5.32 Å². The number of carbonyl (C=O) groups is 2. The van der Waals surface area contributed by atoms with Crippen LogP contribution in [0.3, 0.4) is 0 Å². The van der Waals surface area contributed by atoms with Gasteiger partial charge in [-0.25, -0.2) is 0 Å². The predicted octanol–water partition coefficient (Wildman–Crippen LogP) is 0.781. The van der Waals surface area contributed by atoms with Gasteiger partial charge in [-0.3, -0.25) is 9.59 Å². The maximum atomic E-state index is 11.3. The third kappa shape index (κ3) is 7.93. The van der Waals surface area contributed by atoms with E-state index in [1.807, 2.05) is 20.8 Å². The summed E-state index contributed by atoms with van der Waals surface area (Å²) < 4.78 is 5.09. The van der Waals surface area contributed by atoms with Gasteiger partial charge >= 0.3 is 5.97 Å². The molecule has 0 saturated heterocycles. The molecule has 0 radical (unpaired) electrons. The van der Waals surface area contributed by atoms with Crippen LogP contribution in [0, 0.1) is 0 Å². The molecule has 0 aliphatic heterocycles. The van der Waals surface area contributed by atoms with E-state index in [9.17, 15) is 9.59 Å². The Hall–Kier alpha value is -1.10. The Bertz CT molecular complexity index is 215. The van der Waals surface area contributed by atoms with E-state index in [4.69, 9.17) is 9.84 Å². The van der Waals surface area contributed by atoms with Gasteiger partial charge in [0.15, 0.2) is 0 Å². The Morgan fingerprint density at radius 1 is 1.40 bits per heavy atom. The summed E-state index contributed by atoms with van der Waals surface area (Å²) in [5.41, 5.74) is 0. The highest BCUT2D eigenvalue weighted by atomic mass is 16.5. The maximum absolute atomic E-state index is 11.3. The Labute approximate surface area is 89.8 Å². The first kappa shape index (κ1) is 13.9. The lowest BCUT2D eigenvalue weighted by Crippen LogP contribution is -2.38. The fourth-order valence-corrected chi connectivity index (χ4v) is 1.02. The average Bonchev–Trinajstić information content (AvgIpc) is 2.13. The number of amides is 1. The fourth-order valence-electron chi connectivity index (χ4n) is 1.02. The summed E-state index contributed by atoms with van der Waals surface area (Å²) in [6.45, 7) is 5.48. The van der Waals surface area contributed by atoms with E-state index in [1.165, 1.54) is 0 Å². The van der Waals surface area contributed by atoms with Gasteiger partial charge in [-0.15, -0.1) is 0 Å². The van der Waals surface area contributed by atoms with Crippen molar-refractivity contribution in [2.24, 2.45) is 0 Å². The molecule has 5 nitrogen and oxygen atoms in total. The third-order valence-corrected chi connectivity index (χ3v) is 1.83. The monoisotopic (exact) mass is 217 g/mol. The minimum absolute atomic E-state index is 0.00435. The molecule has 5 heteroatoms. The smallest absolute Gasteiger partial charge is 0.305 e. The quantitative estimate of drug-likeness (QED) is 0.660. The standard InChI is InChI=1S/C10H19NO4/c1-4-8(5-10(13)14)11-9(12)6-15-7(2)3/h7-8H,4-6H2,1-3H3,(H,11,12)(H,13,14). The number of ether oxygens (including phenoxy) is 1. The van der Waals surface area contributed by atoms with E-state index in [2.05, 4.69) is 5.32 Å². The summed E-state index contributed by atoms with van der Waals surface area (Å²) in [5, 5.41) is 11.2. The van der Waals surface area contributed by atoms with Crippen LogP contribution in [0.5, 0.6) is 0 Å². The van der Waals surface area contributed by atoms with E-state index < -0.39 is 5.97 Å². The van der Waals surface area contributed by atoms with Crippen molar-refractivity contribution in [2.75, 3.05) is 6.61 Å². The summed E-state index contributed by atoms with van der Waals surface area (Å²) in [7, 11) is 0. The zero-order valence-electron chi connectivity index (χ0n) is 9.45. The molecule has 0 bridgehead atoms. The van der Waals surface area contributed by atoms with Crippen molar-refractivity contribution >= 4 is 11.9 Å². The van der Waals surface area contributed by atoms with Gasteiger partial charge in [-0.05, 0) is 20.3 Å². The molecule has 0 spiro atoms. The minimum Gasteiger partial charge on any atom is -0.481 e. The first-order valence-electron chi connectivity index (χ1n) is 5.08. The molecule has 0 aromatic rings. The van der Waals surface area contributed by atoms with E-state index in [1.54, 1.807) is 0 Å². The Balaban J connectivity index is 3.85. The SMILES string of the molecule is CCC(CC(=O)O)NC(=O)COC(C)C. The lowest BCUT2D eigenvalue weighted by molar-refractivity contribution is -0.138. The van der Waals surface area contributed by atoms with E-state index in [0.717, 1.165) is 0 Å². The van der Waals surface area contributed by atoms with Gasteiger partial charge in [-0.1, -0.05) is 6.92 Å². The van der Waals surface area contributed by atoms with Crippen molar-refractivity contribution in [3.63, 3.8) is 0 Å². The Morgan fingerprint density at radius 2 is 2.00 bits per heavy atom. The first-order valence-corrected chi connectivity index (χ1v) is 5.08. The lowest BCUT2D eigenvalue weighted by atomic mass is 10.1. The van der Waals surface area contributed by atoms with Gasteiger partial charge in [0, 0.05) is 6.04 Å². The molecule has 2 N–H and O–H groups in total. The number of hydrogen-bond acceptors (Lipinski definition) is 3. The molecule has 1 atom stereocenters. The van der Waals surface area contributed by atoms with Crippen LogP contribution >= 0.6 is 0 Å². The number of rotatable bonds is 7. The fraction of sp³-hybridized carbons (Fsp3) is 0.800. The van der Waals surface area contributed by atoms with E-state index in [0.29, 0.717) is 6.42 Å². The van der Waals surface area contributed by atoms with Crippen molar-refractivity contribution in [1.82, 2.24) is 5.32 Å². The molecule has 88 valence electrons. The van der Waals surface area contributed by atoms with Crippen molar-refractivity contribution < 1.29 is 19.4 Å². The highest BCUT2D eigenvalue weighted by molar-refractivity contribution is 5.78. The van der Waals surface area contributed by atoms with E-state index in [-0.39, 0.29) is 31.1 Å². The van der Waals surface area contributed by atoms with Crippen LogP contribution in [0.15, 0.2) is 0 Å². The molecule has 1 unspecified atom stereocenters. The molecule has 0 aliphatic carbocycles. The second-order valence-electron chi connectivity index (χ2n) is 3.63. The van der Waals surface area contributed by atoms with Crippen molar-refractivity contribution in [1.29, 1.82) is 0 Å². The lowest BCUT2D eigenvalue weighted by Gasteiger charge is -2.15. The first-order chi connectivity index (χ1) is 6.95. The molecular formula is C10H19NO4. The van der Waals surface area contributed by atoms with Crippen molar-refractivity contribution in [2.45, 2.75) is 45.8 Å². The van der Waals surface area contributed by atoms with Crippen molar-refractivity contribution in [3.05, 3.63) is 0 Å². The van der Waals surface area contributed by atoms with Crippen LogP contribution in [0.25, 0.3) is 0 Å². The molecule has 0 saturated carbocycles. The molecule has 15 heavy (non-hydrogen) atoms. The van der Waals surface area contributed by atoms with E-state index >= 15 is 0 Å². The Morgan fingerprint density at radius 3 is 2.40 bits per heavy atom. The zero-order chi connectivity index (χ0) is 11.8. The van der Waals surface area contributed by atoms with Crippen LogP contribution in [0.1, 0.15) is 33.6 Å². The van der Waals surface area contributed by atoms with Gasteiger partial charge in [0.1, 0.15) is 6.61 Å². The maximum Gasteiger partial charge on any atom is 0.305 e. The normalized spacial score (nSPS) is 12.5. The summed E-state index contributed by atoms with van der Waals surface area (Å²) in [4.78, 5) is 21.7. The molecule has 0 aromatic heterocycles. The topological polar surface area (TPSA) is 75.6 Å². The summed E-state index contributed by atoms with van der Waals surface area (Å²) in [6.07, 6.45) is 0.541. The largest absolute Gasteiger partial charge is 0.481 e. The summed E-state index contributed by atoms with van der Waals surface area (Å²) in [5.74, 6) is -1.18. The number of aliphatic carboxylic acids is 1. The average molecular weight is 217 g/mol. The number of carboxylic acids is 1. The number of carbonyl (C=O) groups excluding carboxylic acids is 1. The van der Waals surface area contributed by atoms with Crippen LogP contribution in [-0.4, -0.2) is 35.7 Å². The Kier molecular flexibility index (Phi) is 6.70. The highest BCUT2D eigenvalue weighted by Crippen LogP contribution is 1.97. The molecule has 0 aromatic carbocycles. The van der Waals surface area contributed by atoms with Gasteiger partial charge < -0.3 is 15.2 Å². The minimum atomic E-state index is -0.910. The summed E-state index contributed by atoms with van der Waals surface area (Å²) in [6, 6.07) is -0.314. The second-order valence-corrected chi connectivity index (χ2v) is 3.63. The number of carboxylic acid groups (broad SMARTS) is 1. The number of nitrogens with one attached hydrogen (secondary N) is 1. The van der Waals surface area contributed by atoms with Crippen LogP contribution in [0.2, 0.25) is 0 Å². The van der Waals surface area contributed by atoms with Crippen LogP contribution in [-0.2, 0) is 14.3 Å². The highest BCUT2D eigenvalue weighted by Gasteiger charge is 2.14. The van der Waals surface area contributed by atoms with Gasteiger partial charge in [0.05, 0.1) is 12.5 Å². The third-order valence-electron chi connectivity index (χ3n) is 1.83. The predicted molar refractivity (Wildman–Crippen MR) is 55.6 cm³/mol. The van der Waals surface area contributed by atoms with Gasteiger partial charge in [-0.2, -0.15) is 0 Å². The molecule has 1 amide bonds. The molecular weight excluding hydrogens is 198 g/mol. The number of hydrogen-bond donors (Lipinski definition) is 2. The summed E-state index contributed by atoms with van der Waals surface area (Å²) >= 11 is 0. The second kappa shape index (κ2) is 7.23. The van der Waals surface area contributed by atoms with Crippen LogP contribution in [0.4, 0.5) is 0 Å². The van der Waals surface area contributed by atoms with Gasteiger partial charge in [0.25, 0.3) is 0 Å². The molecule has 0 rings (SSSR count). The molecule has 0 aliphatic rings. The molecule has 0 fully saturated rings. The van der Waals surface area contributed by atoms with Gasteiger partial charge in [0.2, 0.25) is 5.91 Å².